The van der Waals surface area contributed by atoms with Crippen LogP contribution in [0.5, 0.6) is 0 Å². The van der Waals surface area contributed by atoms with E-state index in [1.165, 1.54) is 29.3 Å². The molecule has 0 unspecified atom stereocenters. The summed E-state index contributed by atoms with van der Waals surface area (Å²) in [7, 11) is -4.01. The smallest absolute Gasteiger partial charge is 0.391 e. The molecule has 6 aromatic rings. The van der Waals surface area contributed by atoms with Crippen molar-refractivity contribution in [3.8, 4) is 0 Å². The molecule has 2 aliphatic heterocycles. The van der Waals surface area contributed by atoms with Crippen molar-refractivity contribution in [3.05, 3.63) is 143 Å². The molecule has 7 atom stereocenters. The molecule has 0 bridgehead atoms. The number of anilines is 2. The lowest BCUT2D eigenvalue weighted by atomic mass is 10.1. The number of imidazole rings is 1. The zero-order valence-corrected chi connectivity index (χ0v) is 42.0. The Labute approximate surface area is 411 Å². The first kappa shape index (κ1) is 50.1. The fraction of sp³-hybridized carbons (Fsp3) is 0.289. The van der Waals surface area contributed by atoms with Crippen molar-refractivity contribution in [1.29, 1.82) is 0 Å². The van der Waals surface area contributed by atoms with Gasteiger partial charge in [0.25, 0.3) is 5.56 Å². The van der Waals surface area contributed by atoms with Gasteiger partial charge in [0.15, 0.2) is 40.4 Å². The molecule has 362 valence electrons. The number of halogens is 1. The number of esters is 3. The quantitative estimate of drug-likeness (QED) is 0.0334. The largest absolute Gasteiger partial charge is 0.457 e. The summed E-state index contributed by atoms with van der Waals surface area (Å²) < 4.78 is 73.7. The molecule has 0 radical (unpaired) electrons. The maximum atomic E-state index is 14.5. The number of fused-ring (bicyclic) bond motifs is 1. The van der Waals surface area contributed by atoms with E-state index in [9.17, 15) is 28.3 Å². The van der Waals surface area contributed by atoms with Crippen molar-refractivity contribution in [3.63, 3.8) is 0 Å². The predicted octanol–water partition coefficient (Wildman–Crippen LogP) is 9.05. The topological polar surface area (TPSA) is 227 Å². The second kappa shape index (κ2) is 22.2. The van der Waals surface area contributed by atoms with Gasteiger partial charge in [-0.2, -0.15) is 0 Å². The summed E-state index contributed by atoms with van der Waals surface area (Å²) in [5.41, 5.74) is 0.0722. The molecule has 0 aliphatic carbocycles. The lowest BCUT2D eigenvalue weighted by Crippen LogP contribution is -2.40. The van der Waals surface area contributed by atoms with E-state index in [-0.39, 0.29) is 29.1 Å². The van der Waals surface area contributed by atoms with Crippen molar-refractivity contribution in [2.75, 3.05) is 30.0 Å². The maximum Gasteiger partial charge on any atom is 0.391 e. The van der Waals surface area contributed by atoms with Gasteiger partial charge in [-0.15, -0.1) is 0 Å². The van der Waals surface area contributed by atoms with Gasteiger partial charge < -0.3 is 28.2 Å². The standard InChI is InChI=1S/C45H45BrN6O13P2S2/c1-28(53)62-39-35(24-59-36(39)25-61-67(58,68-33-20-12-6-13-21-33)69-34-22-14-7-15-23-34)51-27-47-42-38(43(51)56)48-45(46)52(42)44-41(64-30(3)55)40(63-29(2)54)37(65-44)26-60-66(57,49-31-16-8-4-9-17-31)50-32-18-10-5-11-19-32/h4-23,27,35-37,39-41,44H,24-26H2,1-3H3,(H2,49,50,57)/t35-,36-,37+,39-,40+,41+,44+/m0/s1. The van der Waals surface area contributed by atoms with Gasteiger partial charge in [-0.3, -0.25) is 47.6 Å². The van der Waals surface area contributed by atoms with Gasteiger partial charge in [0.2, 0.25) is 0 Å². The van der Waals surface area contributed by atoms with E-state index >= 15 is 0 Å². The molecular formula is C45H45BrN6O13P2S2. The number of nitrogens with zero attached hydrogens (tertiary/aromatic N) is 4. The Kier molecular flexibility index (Phi) is 16.1. The van der Waals surface area contributed by atoms with E-state index in [0.29, 0.717) is 21.2 Å². The molecule has 4 heterocycles. The Morgan fingerprint density at radius 1 is 0.710 bits per heavy atom. The number of carbonyl (C=O) groups is 3. The number of para-hydroxylation sites is 2. The predicted molar refractivity (Wildman–Crippen MR) is 261 cm³/mol. The average molecular weight is 1080 g/mol. The number of carbonyl (C=O) groups excluding carboxylic acids is 3. The first-order chi connectivity index (χ1) is 33.2. The molecule has 19 nitrogen and oxygen atoms in total. The second-order valence-corrected chi connectivity index (χ2v) is 25.1. The SMILES string of the molecule is CC(=O)O[C@@H]1[C@H](OC(C)=O)[C@@H](COP(=O)(Nc2ccccc2)Nc2ccccc2)O[C@H]1n1c(Br)nc2c(=O)n([C@H]3CO[C@@H](COP(=O)(Sc4ccccc4)Sc4ccccc4)[C@H]3OC(C)=O)cnc21. The van der Waals surface area contributed by atoms with Crippen LogP contribution in [0, 0.1) is 0 Å². The number of ether oxygens (including phenoxy) is 5. The fourth-order valence-corrected chi connectivity index (χ4v) is 16.2. The van der Waals surface area contributed by atoms with Gasteiger partial charge in [0.1, 0.15) is 24.6 Å². The lowest BCUT2D eigenvalue weighted by Gasteiger charge is -2.26. The van der Waals surface area contributed by atoms with Crippen LogP contribution in [0.15, 0.2) is 147 Å². The van der Waals surface area contributed by atoms with Crippen molar-refractivity contribution >= 4 is 92.6 Å². The van der Waals surface area contributed by atoms with Crippen LogP contribution < -0.4 is 15.7 Å². The molecule has 8 rings (SSSR count). The monoisotopic (exact) mass is 1080 g/mol. The average Bonchev–Trinajstić information content (AvgIpc) is 3.97. The van der Waals surface area contributed by atoms with Crippen molar-refractivity contribution in [2.45, 2.75) is 73.4 Å². The zero-order chi connectivity index (χ0) is 48.7. The minimum absolute atomic E-state index is 0.0142. The van der Waals surface area contributed by atoms with Crippen LogP contribution in [0.1, 0.15) is 33.0 Å². The number of aromatic nitrogens is 4. The number of benzene rings is 4. The van der Waals surface area contributed by atoms with Crippen LogP contribution >= 0.6 is 52.1 Å². The minimum Gasteiger partial charge on any atom is -0.457 e. The molecule has 0 spiro atoms. The van der Waals surface area contributed by atoms with Crippen LogP contribution in [0.4, 0.5) is 11.4 Å². The Balaban J connectivity index is 1.07. The van der Waals surface area contributed by atoms with E-state index in [1.54, 1.807) is 60.7 Å². The maximum absolute atomic E-state index is 14.5. The zero-order valence-electron chi connectivity index (χ0n) is 37.0. The highest BCUT2D eigenvalue weighted by atomic mass is 79.9. The molecular weight excluding hydrogens is 1040 g/mol. The van der Waals surface area contributed by atoms with Gasteiger partial charge in [-0.05, 0) is 87.2 Å². The van der Waals surface area contributed by atoms with Gasteiger partial charge in [-0.25, -0.2) is 14.5 Å². The second-order valence-electron chi connectivity index (χ2n) is 15.5. The molecule has 4 aromatic carbocycles. The summed E-state index contributed by atoms with van der Waals surface area (Å²) in [4.78, 5) is 62.9. The number of nitrogens with one attached hydrogen (secondary N) is 2. The molecule has 2 fully saturated rings. The lowest BCUT2D eigenvalue weighted by molar-refractivity contribution is -0.165. The molecule has 2 aliphatic rings. The van der Waals surface area contributed by atoms with Crippen LogP contribution in [0.3, 0.4) is 0 Å². The van der Waals surface area contributed by atoms with Crippen LogP contribution in [0.25, 0.3) is 11.2 Å². The van der Waals surface area contributed by atoms with Gasteiger partial charge >= 0.3 is 31.4 Å². The summed E-state index contributed by atoms with van der Waals surface area (Å²) in [6.07, 6.45) is -6.08. The molecule has 2 saturated heterocycles. The van der Waals surface area contributed by atoms with E-state index in [2.05, 4.69) is 36.1 Å². The summed E-state index contributed by atoms with van der Waals surface area (Å²) in [6.45, 7) is 2.69. The van der Waals surface area contributed by atoms with Crippen molar-refractivity contribution < 1.29 is 56.2 Å². The number of rotatable bonds is 19. The summed E-state index contributed by atoms with van der Waals surface area (Å²) >= 11 is 5.58. The van der Waals surface area contributed by atoms with E-state index < -0.39 is 86.3 Å². The Morgan fingerprint density at radius 3 is 1.74 bits per heavy atom. The fourth-order valence-electron chi connectivity index (χ4n) is 7.60. The molecule has 0 amide bonds. The highest BCUT2D eigenvalue weighted by molar-refractivity contribution is 9.10. The first-order valence-electron chi connectivity index (χ1n) is 21.3. The van der Waals surface area contributed by atoms with E-state index in [1.807, 2.05) is 60.7 Å². The summed E-state index contributed by atoms with van der Waals surface area (Å²) in [5, 5.41) is 5.85. The molecule has 69 heavy (non-hydrogen) atoms. The number of hydrogen-bond acceptors (Lipinski definition) is 17. The van der Waals surface area contributed by atoms with Crippen molar-refractivity contribution in [1.82, 2.24) is 19.1 Å². The highest BCUT2D eigenvalue weighted by Gasteiger charge is 2.52. The van der Waals surface area contributed by atoms with Gasteiger partial charge in [0.05, 0.1) is 19.8 Å². The Morgan fingerprint density at radius 2 is 1.20 bits per heavy atom. The molecule has 2 aromatic heterocycles. The van der Waals surface area contributed by atoms with Crippen LogP contribution in [-0.2, 0) is 56.2 Å². The first-order valence-corrected chi connectivity index (χ1v) is 28.1. The van der Waals surface area contributed by atoms with Gasteiger partial charge in [-0.1, -0.05) is 72.8 Å². The Bertz CT molecular complexity index is 2840. The summed E-state index contributed by atoms with van der Waals surface area (Å²) in [5.74, 6) is -5.74. The number of hydrogen-bond donors (Lipinski definition) is 2. The third-order valence-electron chi connectivity index (χ3n) is 10.5. The molecule has 2 N–H and O–H groups in total. The Hall–Kier alpha value is -5.28. The van der Waals surface area contributed by atoms with E-state index in [0.717, 1.165) is 29.7 Å². The van der Waals surface area contributed by atoms with Crippen molar-refractivity contribution in [2.24, 2.45) is 0 Å². The molecule has 0 saturated carbocycles. The molecule has 24 heteroatoms. The summed E-state index contributed by atoms with van der Waals surface area (Å²) in [6, 6.07) is 34.8. The highest BCUT2D eigenvalue weighted by Crippen LogP contribution is 2.74. The van der Waals surface area contributed by atoms with Crippen LogP contribution in [0.2, 0.25) is 0 Å². The van der Waals surface area contributed by atoms with Gasteiger partial charge in [0, 0.05) is 41.9 Å². The minimum atomic E-state index is -4.01. The third kappa shape index (κ3) is 12.4. The third-order valence-corrected chi connectivity index (χ3v) is 19.1. The van der Waals surface area contributed by atoms with E-state index in [4.69, 9.17) is 32.7 Å². The van der Waals surface area contributed by atoms with Crippen LogP contribution in [-0.4, -0.2) is 87.4 Å². The normalized spacial score (nSPS) is 21.4.